The van der Waals surface area contributed by atoms with Gasteiger partial charge < -0.3 is 16.4 Å². The molecule has 0 atom stereocenters. The van der Waals surface area contributed by atoms with E-state index in [4.69, 9.17) is 11.5 Å². The minimum Gasteiger partial charge on any atom is -0.382 e. The van der Waals surface area contributed by atoms with Gasteiger partial charge in [0.1, 0.15) is 11.5 Å². The topological polar surface area (TPSA) is 121 Å². The average Bonchev–Trinajstić information content (AvgIpc) is 2.65. The molecule has 8 heteroatoms. The summed E-state index contributed by atoms with van der Waals surface area (Å²) in [6.07, 6.45) is 0.808. The predicted octanol–water partition coefficient (Wildman–Crippen LogP) is -1.37. The number of nitrogen functional groups attached to an aromatic ring is 1. The van der Waals surface area contributed by atoms with Crippen LogP contribution in [0.15, 0.2) is 6.07 Å². The number of primary amides is 1. The maximum absolute atomic E-state index is 12.2. The van der Waals surface area contributed by atoms with Crippen molar-refractivity contribution in [1.29, 1.82) is 0 Å². The smallest absolute Gasteiger partial charge is 0.271 e. The number of anilines is 1. The van der Waals surface area contributed by atoms with Crippen molar-refractivity contribution in [1.82, 2.24) is 20.0 Å². The lowest BCUT2D eigenvalue weighted by molar-refractivity contribution is -0.119. The second kappa shape index (κ2) is 5.70. The van der Waals surface area contributed by atoms with Crippen LogP contribution in [0.4, 0.5) is 5.82 Å². The number of hydrogen-bond acceptors (Lipinski definition) is 5. The highest BCUT2D eigenvalue weighted by atomic mass is 16.2. The number of nitrogens with one attached hydrogen (secondary N) is 1. The third kappa shape index (κ3) is 3.44. The number of amides is 2. The molecule has 2 heterocycles. The number of carbonyl (C=O) groups excluding carboxylic acids is 2. The Hall–Kier alpha value is -2.09. The van der Waals surface area contributed by atoms with Gasteiger partial charge in [-0.2, -0.15) is 5.10 Å². The SMILES string of the molecule is NC(=O)CN1CCCN(C(=O)c2cc(N)n[nH]2)CC1. The van der Waals surface area contributed by atoms with Crippen LogP contribution in [0.3, 0.4) is 0 Å². The molecule has 2 amide bonds. The highest BCUT2D eigenvalue weighted by Gasteiger charge is 2.22. The van der Waals surface area contributed by atoms with Crippen molar-refractivity contribution in [3.05, 3.63) is 11.8 Å². The minimum absolute atomic E-state index is 0.120. The van der Waals surface area contributed by atoms with Gasteiger partial charge in [-0.15, -0.1) is 0 Å². The summed E-state index contributed by atoms with van der Waals surface area (Å²) in [6, 6.07) is 1.52. The molecular formula is C11H18N6O2. The van der Waals surface area contributed by atoms with Gasteiger partial charge in [-0.1, -0.05) is 0 Å². The van der Waals surface area contributed by atoms with Crippen LogP contribution in [-0.2, 0) is 4.79 Å². The van der Waals surface area contributed by atoms with Crippen molar-refractivity contribution in [2.75, 3.05) is 38.5 Å². The van der Waals surface area contributed by atoms with E-state index in [9.17, 15) is 9.59 Å². The molecule has 2 rings (SSSR count). The Balaban J connectivity index is 1.95. The Morgan fingerprint density at radius 2 is 2.11 bits per heavy atom. The lowest BCUT2D eigenvalue weighted by Crippen LogP contribution is -2.38. The van der Waals surface area contributed by atoms with E-state index in [0.29, 0.717) is 31.1 Å². The van der Waals surface area contributed by atoms with Crippen LogP contribution in [0.25, 0.3) is 0 Å². The van der Waals surface area contributed by atoms with Crippen LogP contribution in [0.1, 0.15) is 16.9 Å². The standard InChI is InChI=1S/C11H18N6O2/c12-9-6-8(14-15-9)11(19)17-3-1-2-16(4-5-17)7-10(13)18/h6H,1-5,7H2,(H2,13,18)(H3,12,14,15). The molecule has 8 nitrogen and oxygen atoms in total. The van der Waals surface area contributed by atoms with Crippen LogP contribution >= 0.6 is 0 Å². The van der Waals surface area contributed by atoms with Crippen LogP contribution in [-0.4, -0.2) is 64.5 Å². The number of aromatic nitrogens is 2. The van der Waals surface area contributed by atoms with E-state index in [1.807, 2.05) is 4.90 Å². The molecular weight excluding hydrogens is 248 g/mol. The summed E-state index contributed by atoms with van der Waals surface area (Å²) in [4.78, 5) is 26.8. The molecule has 1 aromatic heterocycles. The highest BCUT2D eigenvalue weighted by Crippen LogP contribution is 2.09. The van der Waals surface area contributed by atoms with E-state index in [1.54, 1.807) is 4.90 Å². The zero-order chi connectivity index (χ0) is 13.8. The van der Waals surface area contributed by atoms with Crippen molar-refractivity contribution in [3.8, 4) is 0 Å². The van der Waals surface area contributed by atoms with Gasteiger partial charge in [-0.25, -0.2) is 0 Å². The molecule has 5 N–H and O–H groups in total. The Labute approximate surface area is 110 Å². The summed E-state index contributed by atoms with van der Waals surface area (Å²) in [7, 11) is 0. The molecule has 0 spiro atoms. The zero-order valence-corrected chi connectivity index (χ0v) is 10.6. The van der Waals surface area contributed by atoms with Gasteiger partial charge in [0, 0.05) is 32.2 Å². The van der Waals surface area contributed by atoms with Crippen molar-refractivity contribution in [2.45, 2.75) is 6.42 Å². The maximum Gasteiger partial charge on any atom is 0.271 e. The molecule has 1 aromatic rings. The molecule has 1 saturated heterocycles. The summed E-state index contributed by atoms with van der Waals surface area (Å²) < 4.78 is 0. The van der Waals surface area contributed by atoms with Crippen molar-refractivity contribution in [2.24, 2.45) is 5.73 Å². The summed E-state index contributed by atoms with van der Waals surface area (Å²) in [5, 5.41) is 6.36. The van der Waals surface area contributed by atoms with Crippen LogP contribution in [0.2, 0.25) is 0 Å². The van der Waals surface area contributed by atoms with Gasteiger partial charge in [0.05, 0.1) is 6.54 Å². The molecule has 19 heavy (non-hydrogen) atoms. The average molecular weight is 266 g/mol. The number of nitrogens with two attached hydrogens (primary N) is 2. The fourth-order valence-corrected chi connectivity index (χ4v) is 2.17. The quantitative estimate of drug-likeness (QED) is 0.623. The Morgan fingerprint density at radius 3 is 2.74 bits per heavy atom. The molecule has 1 fully saturated rings. The summed E-state index contributed by atoms with van der Waals surface area (Å²) >= 11 is 0. The summed E-state index contributed by atoms with van der Waals surface area (Å²) in [6.45, 7) is 2.84. The first-order chi connectivity index (χ1) is 9.06. The van der Waals surface area contributed by atoms with E-state index in [-0.39, 0.29) is 18.4 Å². The first kappa shape index (κ1) is 13.3. The fraction of sp³-hybridized carbons (Fsp3) is 0.545. The lowest BCUT2D eigenvalue weighted by atomic mass is 10.3. The van der Waals surface area contributed by atoms with Gasteiger partial charge >= 0.3 is 0 Å². The van der Waals surface area contributed by atoms with Crippen molar-refractivity contribution < 1.29 is 9.59 Å². The van der Waals surface area contributed by atoms with Crippen molar-refractivity contribution in [3.63, 3.8) is 0 Å². The number of carbonyl (C=O) groups is 2. The number of hydrogen-bond donors (Lipinski definition) is 3. The molecule has 0 bridgehead atoms. The summed E-state index contributed by atoms with van der Waals surface area (Å²) in [5.74, 6) is -0.167. The molecule has 0 radical (unpaired) electrons. The summed E-state index contributed by atoms with van der Waals surface area (Å²) in [5.41, 5.74) is 11.0. The van der Waals surface area contributed by atoms with Gasteiger partial charge in [-0.05, 0) is 6.42 Å². The lowest BCUT2D eigenvalue weighted by Gasteiger charge is -2.20. The monoisotopic (exact) mass is 266 g/mol. The number of H-pyrrole nitrogens is 1. The number of aromatic amines is 1. The Kier molecular flexibility index (Phi) is 4.00. The third-order valence-electron chi connectivity index (χ3n) is 3.08. The number of rotatable bonds is 3. The second-order valence-electron chi connectivity index (χ2n) is 4.59. The molecule has 104 valence electrons. The first-order valence-electron chi connectivity index (χ1n) is 6.17. The molecule has 0 saturated carbocycles. The predicted molar refractivity (Wildman–Crippen MR) is 69.2 cm³/mol. The molecule has 0 aromatic carbocycles. The normalized spacial score (nSPS) is 17.2. The van der Waals surface area contributed by atoms with E-state index < -0.39 is 0 Å². The van der Waals surface area contributed by atoms with Crippen LogP contribution < -0.4 is 11.5 Å². The zero-order valence-electron chi connectivity index (χ0n) is 10.6. The first-order valence-corrected chi connectivity index (χ1v) is 6.17. The number of nitrogens with zero attached hydrogens (tertiary/aromatic N) is 3. The van der Waals surface area contributed by atoms with Gasteiger partial charge in [-0.3, -0.25) is 19.6 Å². The molecule has 1 aliphatic heterocycles. The molecule has 0 aliphatic carbocycles. The maximum atomic E-state index is 12.2. The Bertz CT molecular complexity index is 472. The molecule has 1 aliphatic rings. The van der Waals surface area contributed by atoms with Crippen LogP contribution in [0, 0.1) is 0 Å². The van der Waals surface area contributed by atoms with Gasteiger partial charge in [0.15, 0.2) is 0 Å². The van der Waals surface area contributed by atoms with E-state index in [0.717, 1.165) is 13.0 Å². The fourth-order valence-electron chi connectivity index (χ4n) is 2.17. The van der Waals surface area contributed by atoms with E-state index in [1.165, 1.54) is 6.07 Å². The third-order valence-corrected chi connectivity index (χ3v) is 3.08. The Morgan fingerprint density at radius 1 is 1.32 bits per heavy atom. The molecule has 0 unspecified atom stereocenters. The largest absolute Gasteiger partial charge is 0.382 e. The van der Waals surface area contributed by atoms with E-state index >= 15 is 0 Å². The van der Waals surface area contributed by atoms with Gasteiger partial charge in [0.2, 0.25) is 5.91 Å². The van der Waals surface area contributed by atoms with Crippen LogP contribution in [0.5, 0.6) is 0 Å². The second-order valence-corrected chi connectivity index (χ2v) is 4.59. The minimum atomic E-state index is -0.346. The van der Waals surface area contributed by atoms with Gasteiger partial charge in [0.25, 0.3) is 5.91 Å². The highest BCUT2D eigenvalue weighted by molar-refractivity contribution is 5.93. The van der Waals surface area contributed by atoms with E-state index in [2.05, 4.69) is 10.2 Å². The van der Waals surface area contributed by atoms with Crippen molar-refractivity contribution >= 4 is 17.6 Å².